The van der Waals surface area contributed by atoms with Crippen molar-refractivity contribution in [3.8, 4) is 5.75 Å². The van der Waals surface area contributed by atoms with Gasteiger partial charge in [-0.15, -0.1) is 0 Å². The normalized spacial score (nSPS) is 25.3. The van der Waals surface area contributed by atoms with E-state index in [-0.39, 0.29) is 17.9 Å². The van der Waals surface area contributed by atoms with Crippen molar-refractivity contribution >= 4 is 29.1 Å². The first-order valence-corrected chi connectivity index (χ1v) is 7.39. The number of methoxy groups -OCH3 is 1. The molecule has 5 nitrogen and oxygen atoms in total. The third-order valence-electron chi connectivity index (χ3n) is 4.20. The number of hydrogen-bond donors (Lipinski definition) is 0. The lowest BCUT2D eigenvalue weighted by atomic mass is 10.0. The van der Waals surface area contributed by atoms with Crippen molar-refractivity contribution in [2.45, 2.75) is 31.8 Å². The zero-order chi connectivity index (χ0) is 15.1. The van der Waals surface area contributed by atoms with E-state index >= 15 is 0 Å². The Labute approximate surface area is 128 Å². The van der Waals surface area contributed by atoms with E-state index in [9.17, 15) is 9.59 Å². The number of carbonyl (C=O) groups excluding carboxylic acids is 2. The molecule has 1 aromatic carbocycles. The fraction of sp³-hybridized carbons (Fsp3) is 0.467. The fourth-order valence-electron chi connectivity index (χ4n) is 3.17. The van der Waals surface area contributed by atoms with Gasteiger partial charge in [0.15, 0.2) is 0 Å². The van der Waals surface area contributed by atoms with Gasteiger partial charge in [0.05, 0.1) is 12.8 Å². The predicted molar refractivity (Wildman–Crippen MR) is 79.7 cm³/mol. The van der Waals surface area contributed by atoms with E-state index < -0.39 is 6.04 Å². The maximum atomic E-state index is 12.8. The molecule has 2 amide bonds. The monoisotopic (exact) mass is 308 g/mol. The van der Waals surface area contributed by atoms with Crippen molar-refractivity contribution < 1.29 is 14.3 Å². The first kappa shape index (κ1) is 14.2. The Balaban J connectivity index is 2.06. The quantitative estimate of drug-likeness (QED) is 0.840. The van der Waals surface area contributed by atoms with Crippen LogP contribution in [-0.4, -0.2) is 42.5 Å². The van der Waals surface area contributed by atoms with E-state index in [1.165, 1.54) is 12.0 Å². The minimum absolute atomic E-state index is 0.0147. The topological polar surface area (TPSA) is 49.9 Å². The van der Waals surface area contributed by atoms with Crippen LogP contribution < -0.4 is 9.64 Å². The van der Waals surface area contributed by atoms with E-state index in [1.54, 1.807) is 30.0 Å². The van der Waals surface area contributed by atoms with Gasteiger partial charge in [-0.1, -0.05) is 11.6 Å². The first-order chi connectivity index (χ1) is 10.0. The zero-order valence-electron chi connectivity index (χ0n) is 12.0. The summed E-state index contributed by atoms with van der Waals surface area (Å²) in [6.07, 6.45) is 1.59. The molecule has 2 saturated heterocycles. The lowest BCUT2D eigenvalue weighted by Gasteiger charge is -2.41. The molecule has 2 heterocycles. The number of ether oxygens (including phenoxy) is 1. The van der Waals surface area contributed by atoms with Crippen LogP contribution in [0.15, 0.2) is 18.2 Å². The molecule has 0 aromatic heterocycles. The number of amides is 2. The molecule has 0 N–H and O–H groups in total. The van der Waals surface area contributed by atoms with Crippen LogP contribution in [0.3, 0.4) is 0 Å². The van der Waals surface area contributed by atoms with Crippen molar-refractivity contribution in [2.75, 3.05) is 18.6 Å². The van der Waals surface area contributed by atoms with E-state index in [4.69, 9.17) is 16.3 Å². The van der Waals surface area contributed by atoms with Gasteiger partial charge in [-0.3, -0.25) is 14.5 Å². The number of carbonyl (C=O) groups is 2. The molecule has 112 valence electrons. The van der Waals surface area contributed by atoms with Crippen LogP contribution in [0.2, 0.25) is 5.02 Å². The number of fused-ring (bicyclic) bond motifs is 1. The molecule has 2 aliphatic heterocycles. The summed E-state index contributed by atoms with van der Waals surface area (Å²) in [5, 5.41) is 0.507. The molecular formula is C15H17ClN2O3. The summed E-state index contributed by atoms with van der Waals surface area (Å²) in [7, 11) is 1.54. The van der Waals surface area contributed by atoms with Crippen LogP contribution in [0.5, 0.6) is 5.75 Å². The maximum absolute atomic E-state index is 12.8. The molecule has 0 radical (unpaired) electrons. The molecule has 0 saturated carbocycles. The van der Waals surface area contributed by atoms with E-state index in [1.807, 2.05) is 0 Å². The summed E-state index contributed by atoms with van der Waals surface area (Å²) >= 11 is 6.05. The highest BCUT2D eigenvalue weighted by Crippen LogP contribution is 2.37. The zero-order valence-corrected chi connectivity index (χ0v) is 12.8. The largest absolute Gasteiger partial charge is 0.495 e. The summed E-state index contributed by atoms with van der Waals surface area (Å²) in [5.74, 6) is 0.471. The van der Waals surface area contributed by atoms with Crippen molar-refractivity contribution in [2.24, 2.45) is 0 Å². The Morgan fingerprint density at radius 2 is 2.05 bits per heavy atom. The Kier molecular flexibility index (Phi) is 3.53. The van der Waals surface area contributed by atoms with Gasteiger partial charge in [0.25, 0.3) is 5.91 Å². The second kappa shape index (κ2) is 5.22. The summed E-state index contributed by atoms with van der Waals surface area (Å²) in [4.78, 5) is 28.5. The van der Waals surface area contributed by atoms with Gasteiger partial charge in [-0.2, -0.15) is 0 Å². The van der Waals surface area contributed by atoms with Crippen LogP contribution in [-0.2, 0) is 9.59 Å². The van der Waals surface area contributed by atoms with Crippen LogP contribution in [0.25, 0.3) is 0 Å². The summed E-state index contributed by atoms with van der Waals surface area (Å²) in [6.45, 7) is 2.41. The van der Waals surface area contributed by atoms with Crippen molar-refractivity contribution in [3.05, 3.63) is 23.2 Å². The Hall–Kier alpha value is -1.75. The summed E-state index contributed by atoms with van der Waals surface area (Å²) < 4.78 is 5.32. The van der Waals surface area contributed by atoms with Crippen LogP contribution in [0.4, 0.5) is 5.69 Å². The van der Waals surface area contributed by atoms with E-state index in [0.29, 0.717) is 23.0 Å². The van der Waals surface area contributed by atoms with E-state index in [2.05, 4.69) is 0 Å². The van der Waals surface area contributed by atoms with Crippen molar-refractivity contribution in [1.29, 1.82) is 0 Å². The SMILES string of the molecule is COc1ccc(Cl)cc1N1C(=O)C2CCCN2C(=O)C1C. The molecule has 2 aliphatic rings. The fourth-order valence-corrected chi connectivity index (χ4v) is 3.33. The maximum Gasteiger partial charge on any atom is 0.250 e. The number of anilines is 1. The number of nitrogens with zero attached hydrogens (tertiary/aromatic N) is 2. The third kappa shape index (κ3) is 2.16. The second-order valence-corrected chi connectivity index (χ2v) is 5.83. The average molecular weight is 309 g/mol. The minimum atomic E-state index is -0.542. The van der Waals surface area contributed by atoms with Gasteiger partial charge in [-0.25, -0.2) is 0 Å². The van der Waals surface area contributed by atoms with Crippen molar-refractivity contribution in [1.82, 2.24) is 4.90 Å². The molecule has 2 unspecified atom stereocenters. The molecule has 6 heteroatoms. The van der Waals surface area contributed by atoms with Gasteiger partial charge in [0, 0.05) is 11.6 Å². The molecule has 21 heavy (non-hydrogen) atoms. The average Bonchev–Trinajstić information content (AvgIpc) is 2.95. The second-order valence-electron chi connectivity index (χ2n) is 5.39. The molecule has 1 aromatic rings. The number of piperazine rings is 1. The standard InChI is InChI=1S/C15H17ClN2O3/c1-9-14(19)17-7-3-4-11(17)15(20)18(9)12-8-10(16)5-6-13(12)21-2/h5-6,8-9,11H,3-4,7H2,1-2H3. The van der Waals surface area contributed by atoms with Gasteiger partial charge >= 0.3 is 0 Å². The molecular weight excluding hydrogens is 292 g/mol. The van der Waals surface area contributed by atoms with Crippen LogP contribution in [0.1, 0.15) is 19.8 Å². The Morgan fingerprint density at radius 3 is 2.76 bits per heavy atom. The molecule has 2 fully saturated rings. The predicted octanol–water partition coefficient (Wildman–Crippen LogP) is 2.07. The van der Waals surface area contributed by atoms with Crippen LogP contribution >= 0.6 is 11.6 Å². The van der Waals surface area contributed by atoms with Crippen molar-refractivity contribution in [3.63, 3.8) is 0 Å². The highest BCUT2D eigenvalue weighted by atomic mass is 35.5. The minimum Gasteiger partial charge on any atom is -0.495 e. The number of benzene rings is 1. The Bertz CT molecular complexity index is 605. The molecule has 0 aliphatic carbocycles. The number of halogens is 1. The summed E-state index contributed by atoms with van der Waals surface area (Å²) in [5.41, 5.74) is 0.558. The highest BCUT2D eigenvalue weighted by Gasteiger charge is 2.47. The number of rotatable bonds is 2. The lowest BCUT2D eigenvalue weighted by molar-refractivity contribution is -0.143. The van der Waals surface area contributed by atoms with Crippen LogP contribution in [0, 0.1) is 0 Å². The molecule has 3 rings (SSSR count). The first-order valence-electron chi connectivity index (χ1n) is 7.01. The smallest absolute Gasteiger partial charge is 0.250 e. The van der Waals surface area contributed by atoms with Gasteiger partial charge in [0.1, 0.15) is 17.8 Å². The molecule has 2 atom stereocenters. The Morgan fingerprint density at radius 1 is 1.29 bits per heavy atom. The number of hydrogen-bond acceptors (Lipinski definition) is 3. The van der Waals surface area contributed by atoms with E-state index in [0.717, 1.165) is 12.8 Å². The lowest BCUT2D eigenvalue weighted by Crippen LogP contribution is -2.62. The molecule has 0 bridgehead atoms. The van der Waals surface area contributed by atoms with Gasteiger partial charge < -0.3 is 9.64 Å². The highest BCUT2D eigenvalue weighted by molar-refractivity contribution is 6.31. The van der Waals surface area contributed by atoms with Gasteiger partial charge in [0.2, 0.25) is 5.91 Å². The summed E-state index contributed by atoms with van der Waals surface area (Å²) in [6, 6.07) is 4.19. The third-order valence-corrected chi connectivity index (χ3v) is 4.44. The molecule has 0 spiro atoms. The van der Waals surface area contributed by atoms with Gasteiger partial charge in [-0.05, 0) is 38.0 Å².